The molecule has 0 bridgehead atoms. The fourth-order valence-electron chi connectivity index (χ4n) is 1.69. The molecule has 0 aromatic rings. The monoisotopic (exact) mass is 270 g/mol. The Kier molecular flexibility index (Phi) is 11.0. The number of amides is 1. The molecule has 0 fully saturated rings. The van der Waals surface area contributed by atoms with Crippen LogP contribution in [0.3, 0.4) is 0 Å². The maximum atomic E-state index is 11.5. The quantitative estimate of drug-likeness (QED) is 0.339. The zero-order valence-electron chi connectivity index (χ0n) is 12.9. The van der Waals surface area contributed by atoms with Crippen LogP contribution in [0.1, 0.15) is 52.9 Å². The molecule has 0 heterocycles. The Balaban J connectivity index is 3.85. The number of guanidine groups is 1. The van der Waals surface area contributed by atoms with Crippen molar-refractivity contribution in [2.24, 2.45) is 4.99 Å². The van der Waals surface area contributed by atoms with Crippen LogP contribution in [0.15, 0.2) is 4.99 Å². The highest BCUT2D eigenvalue weighted by atomic mass is 16.1. The molecule has 1 atom stereocenters. The Labute approximate surface area is 117 Å². The maximum absolute atomic E-state index is 11.5. The van der Waals surface area contributed by atoms with Crippen molar-refractivity contribution in [3.05, 3.63) is 0 Å². The average molecular weight is 270 g/mol. The van der Waals surface area contributed by atoms with Gasteiger partial charge in [-0.3, -0.25) is 9.79 Å². The molecule has 0 saturated heterocycles. The van der Waals surface area contributed by atoms with E-state index in [2.05, 4.69) is 34.8 Å². The SMILES string of the molecule is CCCCCC(C)NC(=NC)NCC(=O)NCCC. The summed E-state index contributed by atoms with van der Waals surface area (Å²) in [5.74, 6) is 0.694. The topological polar surface area (TPSA) is 65.5 Å². The number of carbonyl (C=O) groups excluding carboxylic acids is 1. The van der Waals surface area contributed by atoms with Crippen molar-refractivity contribution in [3.8, 4) is 0 Å². The highest BCUT2D eigenvalue weighted by molar-refractivity contribution is 5.86. The van der Waals surface area contributed by atoms with Crippen LogP contribution in [-0.4, -0.2) is 38.0 Å². The van der Waals surface area contributed by atoms with E-state index in [1.165, 1.54) is 19.3 Å². The number of unbranched alkanes of at least 4 members (excludes halogenated alkanes) is 2. The highest BCUT2D eigenvalue weighted by Crippen LogP contribution is 2.02. The molecule has 0 aliphatic carbocycles. The number of aliphatic imine (C=N–C) groups is 1. The molecule has 0 aliphatic heterocycles. The van der Waals surface area contributed by atoms with E-state index >= 15 is 0 Å². The molecular weight excluding hydrogens is 240 g/mol. The molecule has 0 radical (unpaired) electrons. The van der Waals surface area contributed by atoms with Crippen LogP contribution in [0.4, 0.5) is 0 Å². The van der Waals surface area contributed by atoms with Gasteiger partial charge in [0.25, 0.3) is 0 Å². The van der Waals surface area contributed by atoms with E-state index in [9.17, 15) is 4.79 Å². The maximum Gasteiger partial charge on any atom is 0.239 e. The number of nitrogens with zero attached hydrogens (tertiary/aromatic N) is 1. The van der Waals surface area contributed by atoms with Gasteiger partial charge in [0.15, 0.2) is 5.96 Å². The van der Waals surface area contributed by atoms with Gasteiger partial charge >= 0.3 is 0 Å². The molecular formula is C14H30N4O. The molecule has 1 unspecified atom stereocenters. The second kappa shape index (κ2) is 11.8. The molecule has 0 aromatic carbocycles. The number of hydrogen-bond donors (Lipinski definition) is 3. The summed E-state index contributed by atoms with van der Waals surface area (Å²) in [6, 6.07) is 0.372. The van der Waals surface area contributed by atoms with E-state index in [-0.39, 0.29) is 12.5 Å². The van der Waals surface area contributed by atoms with Crippen molar-refractivity contribution in [1.29, 1.82) is 0 Å². The summed E-state index contributed by atoms with van der Waals surface area (Å²) in [4.78, 5) is 15.6. The van der Waals surface area contributed by atoms with Crippen molar-refractivity contribution in [2.75, 3.05) is 20.1 Å². The molecule has 0 rings (SSSR count). The van der Waals surface area contributed by atoms with Crippen LogP contribution in [0, 0.1) is 0 Å². The van der Waals surface area contributed by atoms with Gasteiger partial charge in [0.2, 0.25) is 5.91 Å². The lowest BCUT2D eigenvalue weighted by Crippen LogP contribution is -2.46. The molecule has 5 heteroatoms. The molecule has 19 heavy (non-hydrogen) atoms. The van der Waals surface area contributed by atoms with E-state index in [0.29, 0.717) is 12.0 Å². The zero-order valence-corrected chi connectivity index (χ0v) is 12.9. The smallest absolute Gasteiger partial charge is 0.239 e. The first kappa shape index (κ1) is 17.7. The molecule has 1 amide bonds. The van der Waals surface area contributed by atoms with Gasteiger partial charge in [-0.25, -0.2) is 0 Å². The van der Waals surface area contributed by atoms with Gasteiger partial charge in [-0.2, -0.15) is 0 Å². The second-order valence-electron chi connectivity index (χ2n) is 4.82. The largest absolute Gasteiger partial charge is 0.355 e. The fourth-order valence-corrected chi connectivity index (χ4v) is 1.69. The first-order valence-corrected chi connectivity index (χ1v) is 7.37. The van der Waals surface area contributed by atoms with Crippen LogP contribution < -0.4 is 16.0 Å². The lowest BCUT2D eigenvalue weighted by atomic mass is 10.1. The van der Waals surface area contributed by atoms with Gasteiger partial charge in [0, 0.05) is 19.6 Å². The lowest BCUT2D eigenvalue weighted by molar-refractivity contribution is -0.120. The van der Waals surface area contributed by atoms with E-state index in [4.69, 9.17) is 0 Å². The Morgan fingerprint density at radius 1 is 1.16 bits per heavy atom. The summed E-state index contributed by atoms with van der Waals surface area (Å²) in [7, 11) is 1.72. The van der Waals surface area contributed by atoms with Crippen LogP contribution in [0.2, 0.25) is 0 Å². The predicted molar refractivity (Wildman–Crippen MR) is 81.4 cm³/mol. The summed E-state index contributed by atoms with van der Waals surface area (Å²) < 4.78 is 0. The van der Waals surface area contributed by atoms with Crippen molar-refractivity contribution in [1.82, 2.24) is 16.0 Å². The number of rotatable bonds is 9. The normalized spacial score (nSPS) is 12.9. The van der Waals surface area contributed by atoms with Crippen LogP contribution in [0.25, 0.3) is 0 Å². The zero-order chi connectivity index (χ0) is 14.5. The molecule has 0 aliphatic rings. The molecule has 3 N–H and O–H groups in total. The molecule has 5 nitrogen and oxygen atoms in total. The summed E-state index contributed by atoms with van der Waals surface area (Å²) in [5.41, 5.74) is 0. The second-order valence-corrected chi connectivity index (χ2v) is 4.82. The third-order valence-corrected chi connectivity index (χ3v) is 2.84. The Morgan fingerprint density at radius 3 is 2.47 bits per heavy atom. The third-order valence-electron chi connectivity index (χ3n) is 2.84. The van der Waals surface area contributed by atoms with Gasteiger partial charge in [-0.1, -0.05) is 33.1 Å². The van der Waals surface area contributed by atoms with Crippen molar-refractivity contribution >= 4 is 11.9 Å². The van der Waals surface area contributed by atoms with Crippen LogP contribution >= 0.6 is 0 Å². The Morgan fingerprint density at radius 2 is 1.89 bits per heavy atom. The van der Waals surface area contributed by atoms with Gasteiger partial charge in [-0.05, 0) is 19.8 Å². The fraction of sp³-hybridized carbons (Fsp3) is 0.857. The van der Waals surface area contributed by atoms with E-state index in [1.807, 2.05) is 6.92 Å². The number of nitrogens with one attached hydrogen (secondary N) is 3. The Hall–Kier alpha value is -1.26. The summed E-state index contributed by atoms with van der Waals surface area (Å²) >= 11 is 0. The van der Waals surface area contributed by atoms with Crippen molar-refractivity contribution < 1.29 is 4.79 Å². The van der Waals surface area contributed by atoms with E-state index in [1.54, 1.807) is 7.05 Å². The minimum atomic E-state index is 0.00318. The Bertz CT molecular complexity index is 266. The summed E-state index contributed by atoms with van der Waals surface area (Å²) in [6.45, 7) is 7.36. The summed E-state index contributed by atoms with van der Waals surface area (Å²) in [6.07, 6.45) is 5.79. The molecule has 112 valence electrons. The van der Waals surface area contributed by atoms with Crippen LogP contribution in [0.5, 0.6) is 0 Å². The minimum Gasteiger partial charge on any atom is -0.355 e. The van der Waals surface area contributed by atoms with Gasteiger partial charge in [-0.15, -0.1) is 0 Å². The highest BCUT2D eigenvalue weighted by Gasteiger charge is 2.06. The van der Waals surface area contributed by atoms with Crippen molar-refractivity contribution in [2.45, 2.75) is 58.9 Å². The number of hydrogen-bond acceptors (Lipinski definition) is 2. The first-order valence-electron chi connectivity index (χ1n) is 7.37. The molecule has 0 saturated carbocycles. The predicted octanol–water partition coefficient (Wildman–Crippen LogP) is 1.65. The van der Waals surface area contributed by atoms with Crippen LogP contribution in [-0.2, 0) is 4.79 Å². The van der Waals surface area contributed by atoms with E-state index in [0.717, 1.165) is 19.4 Å². The minimum absolute atomic E-state index is 0.00318. The average Bonchev–Trinajstić information content (AvgIpc) is 2.41. The standard InChI is InChI=1S/C14H30N4O/c1-5-7-8-9-12(3)18-14(15-4)17-11-13(19)16-10-6-2/h12H,5-11H2,1-4H3,(H,16,19)(H2,15,17,18). The third kappa shape index (κ3) is 10.4. The van der Waals surface area contributed by atoms with E-state index < -0.39 is 0 Å². The first-order chi connectivity index (χ1) is 9.13. The molecule has 0 spiro atoms. The lowest BCUT2D eigenvalue weighted by Gasteiger charge is -2.17. The van der Waals surface area contributed by atoms with Gasteiger partial charge < -0.3 is 16.0 Å². The van der Waals surface area contributed by atoms with Gasteiger partial charge in [0.05, 0.1) is 6.54 Å². The van der Waals surface area contributed by atoms with Gasteiger partial charge in [0.1, 0.15) is 0 Å². The number of carbonyl (C=O) groups is 1. The summed E-state index contributed by atoms with van der Waals surface area (Å²) in [5, 5.41) is 9.14. The molecule has 0 aromatic heterocycles. The van der Waals surface area contributed by atoms with Crippen molar-refractivity contribution in [3.63, 3.8) is 0 Å².